The number of benzene rings is 1. The molecule has 2 rings (SSSR count). The predicted molar refractivity (Wildman–Crippen MR) is 78.0 cm³/mol. The first-order chi connectivity index (χ1) is 9.25. The number of likely N-dealkylation sites (N-methyl/N-ethyl adjacent to an activating group) is 1. The van der Waals surface area contributed by atoms with Crippen molar-refractivity contribution in [2.24, 2.45) is 0 Å². The van der Waals surface area contributed by atoms with E-state index in [-0.39, 0.29) is 5.91 Å². The van der Waals surface area contributed by atoms with Gasteiger partial charge in [0.15, 0.2) is 0 Å². The summed E-state index contributed by atoms with van der Waals surface area (Å²) < 4.78 is 0. The maximum absolute atomic E-state index is 12.0. The number of nitrogens with one attached hydrogen (secondary N) is 1. The van der Waals surface area contributed by atoms with Gasteiger partial charge < -0.3 is 10.2 Å². The van der Waals surface area contributed by atoms with Gasteiger partial charge in [0.25, 0.3) is 0 Å². The Morgan fingerprint density at radius 2 is 2.16 bits per heavy atom. The van der Waals surface area contributed by atoms with Crippen LogP contribution in [0.1, 0.15) is 31.2 Å². The van der Waals surface area contributed by atoms with Gasteiger partial charge in [-0.1, -0.05) is 30.3 Å². The van der Waals surface area contributed by atoms with Crippen molar-refractivity contribution in [2.75, 3.05) is 20.1 Å². The number of carbonyl (C=O) groups is 1. The van der Waals surface area contributed by atoms with Gasteiger partial charge in [0, 0.05) is 26.1 Å². The second-order valence-corrected chi connectivity index (χ2v) is 5.41. The van der Waals surface area contributed by atoms with Crippen molar-refractivity contribution >= 4 is 5.91 Å². The number of amides is 1. The molecule has 1 fully saturated rings. The molecule has 0 spiro atoms. The van der Waals surface area contributed by atoms with Crippen molar-refractivity contribution in [1.29, 1.82) is 0 Å². The van der Waals surface area contributed by atoms with E-state index in [0.717, 1.165) is 25.9 Å². The van der Waals surface area contributed by atoms with Gasteiger partial charge in [0.05, 0.1) is 0 Å². The summed E-state index contributed by atoms with van der Waals surface area (Å²) in [7, 11) is 1.92. The van der Waals surface area contributed by atoms with Crippen LogP contribution in [-0.2, 0) is 11.2 Å². The Labute approximate surface area is 116 Å². The largest absolute Gasteiger partial charge is 0.344 e. The lowest BCUT2D eigenvalue weighted by atomic mass is 10.1. The number of hydrogen-bond acceptors (Lipinski definition) is 2. The third-order valence-corrected chi connectivity index (χ3v) is 3.78. The average Bonchev–Trinajstić information content (AvgIpc) is 2.92. The fourth-order valence-corrected chi connectivity index (χ4v) is 2.62. The van der Waals surface area contributed by atoms with E-state index >= 15 is 0 Å². The Bertz CT molecular complexity index is 385. The summed E-state index contributed by atoms with van der Waals surface area (Å²) in [6.45, 7) is 1.95. The fraction of sp³-hybridized carbons (Fsp3) is 0.562. The van der Waals surface area contributed by atoms with Crippen LogP contribution >= 0.6 is 0 Å². The van der Waals surface area contributed by atoms with Gasteiger partial charge in [0.2, 0.25) is 5.91 Å². The normalized spacial score (nSPS) is 18.5. The van der Waals surface area contributed by atoms with Crippen LogP contribution in [0.25, 0.3) is 0 Å². The van der Waals surface area contributed by atoms with E-state index in [0.29, 0.717) is 12.5 Å². The second kappa shape index (κ2) is 7.29. The molecule has 1 aliphatic rings. The molecule has 1 unspecified atom stereocenters. The smallest absolute Gasteiger partial charge is 0.222 e. The van der Waals surface area contributed by atoms with Crippen molar-refractivity contribution in [3.63, 3.8) is 0 Å². The van der Waals surface area contributed by atoms with Gasteiger partial charge in [-0.3, -0.25) is 4.79 Å². The highest BCUT2D eigenvalue weighted by Gasteiger charge is 2.18. The molecule has 1 atom stereocenters. The molecule has 0 aromatic heterocycles. The molecule has 3 heteroatoms. The summed E-state index contributed by atoms with van der Waals surface area (Å²) in [4.78, 5) is 13.9. The SMILES string of the molecule is CN(CC1CCCN1)C(=O)CCCc1ccccc1. The molecule has 1 aromatic carbocycles. The Morgan fingerprint density at radius 3 is 2.84 bits per heavy atom. The molecular formula is C16H24N2O. The topological polar surface area (TPSA) is 32.3 Å². The molecule has 3 nitrogen and oxygen atoms in total. The Kier molecular flexibility index (Phi) is 5.40. The monoisotopic (exact) mass is 260 g/mol. The number of nitrogens with zero attached hydrogens (tertiary/aromatic N) is 1. The summed E-state index contributed by atoms with van der Waals surface area (Å²) in [6, 6.07) is 10.9. The molecule has 19 heavy (non-hydrogen) atoms. The Hall–Kier alpha value is -1.35. The van der Waals surface area contributed by atoms with E-state index in [1.54, 1.807) is 0 Å². The van der Waals surface area contributed by atoms with Crippen LogP contribution in [0.5, 0.6) is 0 Å². The van der Waals surface area contributed by atoms with Crippen molar-refractivity contribution in [3.05, 3.63) is 35.9 Å². The highest BCUT2D eigenvalue weighted by atomic mass is 16.2. The molecule has 1 aromatic rings. The Balaban J connectivity index is 1.66. The number of rotatable bonds is 6. The van der Waals surface area contributed by atoms with Gasteiger partial charge in [-0.2, -0.15) is 0 Å². The Morgan fingerprint density at radius 1 is 1.37 bits per heavy atom. The van der Waals surface area contributed by atoms with E-state index in [4.69, 9.17) is 0 Å². The van der Waals surface area contributed by atoms with E-state index < -0.39 is 0 Å². The van der Waals surface area contributed by atoms with Gasteiger partial charge in [-0.25, -0.2) is 0 Å². The summed E-state index contributed by atoms with van der Waals surface area (Å²) in [5.74, 6) is 0.268. The third-order valence-electron chi connectivity index (χ3n) is 3.78. The van der Waals surface area contributed by atoms with Crippen LogP contribution < -0.4 is 5.32 Å². The van der Waals surface area contributed by atoms with Crippen molar-refractivity contribution in [1.82, 2.24) is 10.2 Å². The summed E-state index contributed by atoms with van der Waals surface area (Å²) in [6.07, 6.45) is 5.01. The zero-order valence-corrected chi connectivity index (χ0v) is 11.8. The lowest BCUT2D eigenvalue weighted by Gasteiger charge is -2.21. The van der Waals surface area contributed by atoms with Crippen LogP contribution in [0.3, 0.4) is 0 Å². The highest BCUT2D eigenvalue weighted by molar-refractivity contribution is 5.75. The fourth-order valence-electron chi connectivity index (χ4n) is 2.62. The summed E-state index contributed by atoms with van der Waals surface area (Å²) in [5, 5.41) is 3.43. The van der Waals surface area contributed by atoms with Gasteiger partial charge in [0.1, 0.15) is 0 Å². The van der Waals surface area contributed by atoms with Crippen LogP contribution in [0.4, 0.5) is 0 Å². The van der Waals surface area contributed by atoms with Crippen molar-refractivity contribution in [3.8, 4) is 0 Å². The van der Waals surface area contributed by atoms with E-state index in [9.17, 15) is 4.79 Å². The highest BCUT2D eigenvalue weighted by Crippen LogP contribution is 2.09. The van der Waals surface area contributed by atoms with E-state index in [1.807, 2.05) is 18.0 Å². The van der Waals surface area contributed by atoms with Crippen molar-refractivity contribution in [2.45, 2.75) is 38.1 Å². The zero-order chi connectivity index (χ0) is 13.5. The molecule has 0 aliphatic carbocycles. The molecule has 0 bridgehead atoms. The standard InChI is InChI=1S/C16H24N2O/c1-18(13-15-10-6-12-17-15)16(19)11-5-9-14-7-3-2-4-8-14/h2-4,7-8,15,17H,5-6,9-13H2,1H3. The summed E-state index contributed by atoms with van der Waals surface area (Å²) >= 11 is 0. The number of carbonyl (C=O) groups excluding carboxylic acids is 1. The quantitative estimate of drug-likeness (QED) is 0.850. The van der Waals surface area contributed by atoms with E-state index in [1.165, 1.54) is 18.4 Å². The van der Waals surface area contributed by atoms with Crippen LogP contribution in [0.2, 0.25) is 0 Å². The molecule has 1 N–H and O–H groups in total. The molecule has 1 heterocycles. The minimum absolute atomic E-state index is 0.268. The molecule has 0 radical (unpaired) electrons. The first kappa shape index (κ1) is 14.1. The number of hydrogen-bond donors (Lipinski definition) is 1. The summed E-state index contributed by atoms with van der Waals surface area (Å²) in [5.41, 5.74) is 1.32. The van der Waals surface area contributed by atoms with Crippen molar-refractivity contribution < 1.29 is 4.79 Å². The molecule has 104 valence electrons. The maximum atomic E-state index is 12.0. The lowest BCUT2D eigenvalue weighted by Crippen LogP contribution is -2.38. The number of aryl methyl sites for hydroxylation is 1. The zero-order valence-electron chi connectivity index (χ0n) is 11.8. The molecule has 1 aliphatic heterocycles. The van der Waals surface area contributed by atoms with Gasteiger partial charge >= 0.3 is 0 Å². The van der Waals surface area contributed by atoms with E-state index in [2.05, 4.69) is 29.6 Å². The predicted octanol–water partition coefficient (Wildman–Crippen LogP) is 2.22. The van der Waals surface area contributed by atoms with Gasteiger partial charge in [-0.15, -0.1) is 0 Å². The second-order valence-electron chi connectivity index (χ2n) is 5.41. The lowest BCUT2D eigenvalue weighted by molar-refractivity contribution is -0.130. The molecule has 1 amide bonds. The molecule has 1 saturated heterocycles. The van der Waals surface area contributed by atoms with Gasteiger partial charge in [-0.05, 0) is 37.8 Å². The third kappa shape index (κ3) is 4.67. The maximum Gasteiger partial charge on any atom is 0.222 e. The first-order valence-corrected chi connectivity index (χ1v) is 7.27. The first-order valence-electron chi connectivity index (χ1n) is 7.27. The molecule has 0 saturated carbocycles. The van der Waals surface area contributed by atoms with Crippen LogP contribution in [-0.4, -0.2) is 37.0 Å². The minimum Gasteiger partial charge on any atom is -0.344 e. The molecular weight excluding hydrogens is 236 g/mol. The minimum atomic E-state index is 0.268. The average molecular weight is 260 g/mol. The van der Waals surface area contributed by atoms with Crippen LogP contribution in [0, 0.1) is 0 Å². The van der Waals surface area contributed by atoms with Crippen LogP contribution in [0.15, 0.2) is 30.3 Å².